The summed E-state index contributed by atoms with van der Waals surface area (Å²) in [5, 5.41) is 12.3. The Morgan fingerprint density at radius 2 is 1.89 bits per heavy atom. The number of aliphatic carboxylic acids is 1. The summed E-state index contributed by atoms with van der Waals surface area (Å²) in [5.41, 5.74) is 1.29. The normalized spacial score (nSPS) is 11.8. The van der Waals surface area contributed by atoms with Crippen LogP contribution in [0.15, 0.2) is 54.6 Å². The van der Waals surface area contributed by atoms with Gasteiger partial charge in [0, 0.05) is 12.2 Å². The SMILES string of the molecule is O=C(O)C(CNc1ccccc1)c1cccc(F)c1. The summed E-state index contributed by atoms with van der Waals surface area (Å²) in [5.74, 6) is -2.19. The fourth-order valence-electron chi connectivity index (χ4n) is 1.85. The fraction of sp³-hybridized carbons (Fsp3) is 0.133. The first-order valence-corrected chi connectivity index (χ1v) is 5.94. The highest BCUT2D eigenvalue weighted by atomic mass is 19.1. The van der Waals surface area contributed by atoms with E-state index in [1.807, 2.05) is 30.3 Å². The molecule has 0 saturated heterocycles. The van der Waals surface area contributed by atoms with Crippen molar-refractivity contribution in [3.05, 3.63) is 66.0 Å². The minimum absolute atomic E-state index is 0.211. The number of hydrogen-bond acceptors (Lipinski definition) is 2. The van der Waals surface area contributed by atoms with E-state index >= 15 is 0 Å². The monoisotopic (exact) mass is 259 g/mol. The van der Waals surface area contributed by atoms with E-state index in [9.17, 15) is 14.3 Å². The van der Waals surface area contributed by atoms with Crippen molar-refractivity contribution >= 4 is 11.7 Å². The highest BCUT2D eigenvalue weighted by Crippen LogP contribution is 2.18. The van der Waals surface area contributed by atoms with E-state index in [0.29, 0.717) is 5.56 Å². The lowest BCUT2D eigenvalue weighted by molar-refractivity contribution is -0.138. The third-order valence-corrected chi connectivity index (χ3v) is 2.83. The van der Waals surface area contributed by atoms with Crippen molar-refractivity contribution in [3.63, 3.8) is 0 Å². The smallest absolute Gasteiger partial charge is 0.312 e. The Bertz CT molecular complexity index is 557. The molecular weight excluding hydrogens is 245 g/mol. The zero-order valence-corrected chi connectivity index (χ0v) is 10.2. The van der Waals surface area contributed by atoms with E-state index in [1.54, 1.807) is 6.07 Å². The number of carboxylic acids is 1. The molecule has 4 heteroatoms. The summed E-state index contributed by atoms with van der Waals surface area (Å²) in [6.45, 7) is 0.211. The number of nitrogens with one attached hydrogen (secondary N) is 1. The molecule has 0 radical (unpaired) electrons. The van der Waals surface area contributed by atoms with Crippen molar-refractivity contribution in [1.82, 2.24) is 0 Å². The van der Waals surface area contributed by atoms with Gasteiger partial charge in [-0.15, -0.1) is 0 Å². The molecule has 0 aromatic heterocycles. The van der Waals surface area contributed by atoms with Gasteiger partial charge in [-0.2, -0.15) is 0 Å². The Hall–Kier alpha value is -2.36. The quantitative estimate of drug-likeness (QED) is 0.867. The Morgan fingerprint density at radius 1 is 1.16 bits per heavy atom. The van der Waals surface area contributed by atoms with Gasteiger partial charge in [-0.25, -0.2) is 4.39 Å². The first-order chi connectivity index (χ1) is 9.16. The predicted molar refractivity (Wildman–Crippen MR) is 71.7 cm³/mol. The number of carbonyl (C=O) groups is 1. The lowest BCUT2D eigenvalue weighted by Gasteiger charge is -2.14. The summed E-state index contributed by atoms with van der Waals surface area (Å²) in [6.07, 6.45) is 0. The van der Waals surface area contributed by atoms with Gasteiger partial charge in [0.1, 0.15) is 5.82 Å². The zero-order chi connectivity index (χ0) is 13.7. The Kier molecular flexibility index (Phi) is 4.13. The number of para-hydroxylation sites is 1. The van der Waals surface area contributed by atoms with Gasteiger partial charge in [-0.05, 0) is 29.8 Å². The highest BCUT2D eigenvalue weighted by molar-refractivity contribution is 5.77. The number of carboxylic acid groups (broad SMARTS) is 1. The van der Waals surface area contributed by atoms with Crippen molar-refractivity contribution < 1.29 is 14.3 Å². The topological polar surface area (TPSA) is 49.3 Å². The molecule has 2 aromatic carbocycles. The van der Waals surface area contributed by atoms with E-state index in [-0.39, 0.29) is 6.54 Å². The van der Waals surface area contributed by atoms with Crippen LogP contribution in [-0.4, -0.2) is 17.6 Å². The van der Waals surface area contributed by atoms with Crippen LogP contribution in [0.3, 0.4) is 0 Å². The fourth-order valence-corrected chi connectivity index (χ4v) is 1.85. The molecule has 98 valence electrons. The standard InChI is InChI=1S/C15H14FNO2/c16-12-6-4-5-11(9-12)14(15(18)19)10-17-13-7-2-1-3-8-13/h1-9,14,17H,10H2,(H,18,19). The second-order valence-corrected chi connectivity index (χ2v) is 4.19. The van der Waals surface area contributed by atoms with Crippen LogP contribution in [0, 0.1) is 5.82 Å². The van der Waals surface area contributed by atoms with Crippen LogP contribution in [0.5, 0.6) is 0 Å². The molecule has 0 aliphatic carbocycles. The molecule has 0 bridgehead atoms. The summed E-state index contributed by atoms with van der Waals surface area (Å²) < 4.78 is 13.1. The second-order valence-electron chi connectivity index (χ2n) is 4.19. The van der Waals surface area contributed by atoms with E-state index in [4.69, 9.17) is 0 Å². The van der Waals surface area contributed by atoms with Crippen molar-refractivity contribution in [1.29, 1.82) is 0 Å². The number of benzene rings is 2. The van der Waals surface area contributed by atoms with Crippen molar-refractivity contribution in [2.45, 2.75) is 5.92 Å². The summed E-state index contributed by atoms with van der Waals surface area (Å²) in [6, 6.07) is 15.0. The molecule has 0 fully saturated rings. The lowest BCUT2D eigenvalue weighted by Crippen LogP contribution is -2.21. The third kappa shape index (κ3) is 3.55. The number of rotatable bonds is 5. The van der Waals surface area contributed by atoms with Gasteiger partial charge in [0.2, 0.25) is 0 Å². The first kappa shape index (κ1) is 13.1. The zero-order valence-electron chi connectivity index (χ0n) is 10.2. The Morgan fingerprint density at radius 3 is 2.53 bits per heavy atom. The van der Waals surface area contributed by atoms with Crippen LogP contribution in [0.4, 0.5) is 10.1 Å². The molecule has 0 aliphatic rings. The van der Waals surface area contributed by atoms with Crippen LogP contribution < -0.4 is 5.32 Å². The summed E-state index contributed by atoms with van der Waals surface area (Å²) in [4.78, 5) is 11.3. The molecule has 1 unspecified atom stereocenters. The largest absolute Gasteiger partial charge is 0.481 e. The second kappa shape index (κ2) is 6.00. The molecule has 3 nitrogen and oxygen atoms in total. The molecule has 0 spiro atoms. The van der Waals surface area contributed by atoms with E-state index in [1.165, 1.54) is 18.2 Å². The molecule has 0 amide bonds. The molecule has 2 rings (SSSR count). The van der Waals surface area contributed by atoms with Gasteiger partial charge >= 0.3 is 5.97 Å². The number of hydrogen-bond donors (Lipinski definition) is 2. The maximum Gasteiger partial charge on any atom is 0.312 e. The van der Waals surface area contributed by atoms with Crippen LogP contribution in [0.1, 0.15) is 11.5 Å². The minimum Gasteiger partial charge on any atom is -0.481 e. The lowest BCUT2D eigenvalue weighted by atomic mass is 9.99. The van der Waals surface area contributed by atoms with Crippen LogP contribution in [-0.2, 0) is 4.79 Å². The molecule has 2 aromatic rings. The average molecular weight is 259 g/mol. The van der Waals surface area contributed by atoms with Gasteiger partial charge in [-0.3, -0.25) is 4.79 Å². The van der Waals surface area contributed by atoms with Crippen LogP contribution in [0.25, 0.3) is 0 Å². The molecular formula is C15H14FNO2. The summed E-state index contributed by atoms with van der Waals surface area (Å²) >= 11 is 0. The minimum atomic E-state index is -0.978. The van der Waals surface area contributed by atoms with Crippen LogP contribution in [0.2, 0.25) is 0 Å². The van der Waals surface area contributed by atoms with Crippen LogP contribution >= 0.6 is 0 Å². The van der Waals surface area contributed by atoms with Gasteiger partial charge in [-0.1, -0.05) is 30.3 Å². The first-order valence-electron chi connectivity index (χ1n) is 5.94. The van der Waals surface area contributed by atoms with E-state index < -0.39 is 17.7 Å². The maximum atomic E-state index is 13.1. The van der Waals surface area contributed by atoms with Gasteiger partial charge in [0.15, 0.2) is 0 Å². The predicted octanol–water partition coefficient (Wildman–Crippen LogP) is 3.11. The van der Waals surface area contributed by atoms with Crippen molar-refractivity contribution in [3.8, 4) is 0 Å². The van der Waals surface area contributed by atoms with E-state index in [0.717, 1.165) is 5.69 Å². The maximum absolute atomic E-state index is 13.1. The summed E-state index contributed by atoms with van der Waals surface area (Å²) in [7, 11) is 0. The molecule has 19 heavy (non-hydrogen) atoms. The molecule has 0 aliphatic heterocycles. The Balaban J connectivity index is 2.11. The van der Waals surface area contributed by atoms with Gasteiger partial charge in [0.25, 0.3) is 0 Å². The molecule has 0 saturated carbocycles. The molecule has 2 N–H and O–H groups in total. The third-order valence-electron chi connectivity index (χ3n) is 2.83. The van der Waals surface area contributed by atoms with E-state index in [2.05, 4.69) is 5.32 Å². The van der Waals surface area contributed by atoms with Gasteiger partial charge < -0.3 is 10.4 Å². The van der Waals surface area contributed by atoms with Crippen molar-refractivity contribution in [2.24, 2.45) is 0 Å². The number of halogens is 1. The van der Waals surface area contributed by atoms with Crippen molar-refractivity contribution in [2.75, 3.05) is 11.9 Å². The highest BCUT2D eigenvalue weighted by Gasteiger charge is 2.19. The molecule has 0 heterocycles. The Labute approximate surface area is 110 Å². The van der Waals surface area contributed by atoms with Gasteiger partial charge in [0.05, 0.1) is 5.92 Å². The average Bonchev–Trinajstić information content (AvgIpc) is 2.40. The number of anilines is 1. The molecule has 1 atom stereocenters.